The number of hydrogen-bond donors (Lipinski definition) is 3. The molecule has 3 N–H and O–H groups in total. The van der Waals surface area contributed by atoms with Crippen molar-refractivity contribution in [2.24, 2.45) is 0 Å². The third-order valence-electron chi connectivity index (χ3n) is 3.69. The second kappa shape index (κ2) is 7.93. The molecule has 0 spiro atoms. The third kappa shape index (κ3) is 4.80. The number of aliphatic hydroxyl groups is 1. The average molecular weight is 341 g/mol. The third-order valence-corrected chi connectivity index (χ3v) is 3.69. The molecule has 0 amide bonds. The van der Waals surface area contributed by atoms with E-state index in [1.165, 1.54) is 6.20 Å². The van der Waals surface area contributed by atoms with Crippen molar-refractivity contribution in [2.75, 3.05) is 6.61 Å². The van der Waals surface area contributed by atoms with Gasteiger partial charge in [-0.3, -0.25) is 4.79 Å². The van der Waals surface area contributed by atoms with Gasteiger partial charge in [0.05, 0.1) is 18.1 Å². The van der Waals surface area contributed by atoms with Crippen LogP contribution in [0.15, 0.2) is 24.0 Å². The van der Waals surface area contributed by atoms with E-state index in [1.54, 1.807) is 17.2 Å². The molecule has 3 unspecified atom stereocenters. The zero-order valence-corrected chi connectivity index (χ0v) is 12.8. The minimum atomic E-state index is -1.78. The van der Waals surface area contributed by atoms with Gasteiger partial charge in [-0.2, -0.15) is 0 Å². The fourth-order valence-corrected chi connectivity index (χ4v) is 2.42. The lowest BCUT2D eigenvalue weighted by Crippen LogP contribution is -2.30. The number of aliphatic carboxylic acids is 2. The van der Waals surface area contributed by atoms with Crippen LogP contribution >= 0.6 is 0 Å². The molecule has 1 saturated heterocycles. The molecule has 0 aromatic heterocycles. The minimum absolute atomic E-state index is 0.0469. The quantitative estimate of drug-likeness (QED) is 0.549. The Kier molecular flexibility index (Phi) is 5.93. The van der Waals surface area contributed by atoms with Crippen molar-refractivity contribution in [2.45, 2.75) is 44.1 Å². The van der Waals surface area contributed by atoms with Gasteiger partial charge >= 0.3 is 17.9 Å². The maximum absolute atomic E-state index is 11.4. The molecule has 0 aromatic rings. The molecule has 132 valence electrons. The largest absolute Gasteiger partial charge is 0.479 e. The van der Waals surface area contributed by atoms with Crippen LogP contribution in [0.3, 0.4) is 0 Å². The number of hydrogen-bond acceptors (Lipinski definition) is 7. The van der Waals surface area contributed by atoms with E-state index in [0.717, 1.165) is 0 Å². The highest BCUT2D eigenvalue weighted by Gasteiger charge is 2.30. The second-order valence-electron chi connectivity index (χ2n) is 5.53. The first kappa shape index (κ1) is 18.0. The Bertz CT molecular complexity index is 570. The molecule has 2 rings (SSSR count). The summed E-state index contributed by atoms with van der Waals surface area (Å²) in [5.41, 5.74) is 0.263. The Morgan fingerprint density at radius 2 is 2.08 bits per heavy atom. The zero-order valence-electron chi connectivity index (χ0n) is 12.8. The second-order valence-corrected chi connectivity index (χ2v) is 5.53. The molecule has 0 aliphatic carbocycles. The van der Waals surface area contributed by atoms with Gasteiger partial charge in [0.2, 0.25) is 0 Å². The number of aliphatic hydroxyl groups excluding tert-OH is 1. The molecule has 1 fully saturated rings. The molecular weight excluding hydrogens is 322 g/mol. The molecule has 0 saturated carbocycles. The van der Waals surface area contributed by atoms with Gasteiger partial charge in [-0.25, -0.2) is 9.59 Å². The van der Waals surface area contributed by atoms with Gasteiger partial charge in [-0.15, -0.1) is 0 Å². The van der Waals surface area contributed by atoms with Gasteiger partial charge in [0.25, 0.3) is 0 Å². The highest BCUT2D eigenvalue weighted by Crippen LogP contribution is 2.26. The Labute approximate surface area is 137 Å². The number of allylic oxidation sites excluding steroid dienone is 1. The normalized spacial score (nSPS) is 24.4. The number of carboxylic acids is 2. The number of ether oxygens (including phenoxy) is 2. The summed E-state index contributed by atoms with van der Waals surface area (Å²) in [7, 11) is 0. The van der Waals surface area contributed by atoms with Crippen LogP contribution in [-0.2, 0) is 23.9 Å². The van der Waals surface area contributed by atoms with Crippen LogP contribution in [0.4, 0.5) is 0 Å². The van der Waals surface area contributed by atoms with Crippen molar-refractivity contribution in [3.05, 3.63) is 24.0 Å². The van der Waals surface area contributed by atoms with E-state index < -0.39 is 30.4 Å². The lowest BCUT2D eigenvalue weighted by atomic mass is 10.1. The lowest BCUT2D eigenvalue weighted by Gasteiger charge is -2.26. The summed E-state index contributed by atoms with van der Waals surface area (Å²) in [6, 6.07) is 0. The highest BCUT2D eigenvalue weighted by atomic mass is 16.6. The molecule has 9 nitrogen and oxygen atoms in total. The van der Waals surface area contributed by atoms with E-state index in [-0.39, 0.29) is 24.5 Å². The number of carbonyl (C=O) groups excluding carboxylic acids is 1. The summed E-state index contributed by atoms with van der Waals surface area (Å²) >= 11 is 0. The number of nitrogens with zero attached hydrogens (tertiary/aromatic N) is 1. The number of rotatable bonds is 7. The smallest absolute Gasteiger partial charge is 0.333 e. The van der Waals surface area contributed by atoms with Crippen molar-refractivity contribution in [3.8, 4) is 0 Å². The molecule has 24 heavy (non-hydrogen) atoms. The predicted molar refractivity (Wildman–Crippen MR) is 78.4 cm³/mol. The number of carbonyl (C=O) groups is 3. The van der Waals surface area contributed by atoms with E-state index in [2.05, 4.69) is 0 Å². The van der Waals surface area contributed by atoms with Gasteiger partial charge in [0.1, 0.15) is 12.8 Å². The summed E-state index contributed by atoms with van der Waals surface area (Å²) in [5.74, 6) is -3.28. The first-order chi connectivity index (χ1) is 11.4. The molecule has 2 aliphatic heterocycles. The highest BCUT2D eigenvalue weighted by molar-refractivity contribution is 5.87. The Hall–Kier alpha value is -2.39. The molecule has 9 heteroatoms. The maximum Gasteiger partial charge on any atom is 0.333 e. The molecule has 2 heterocycles. The predicted octanol–water partition coefficient (Wildman–Crippen LogP) is 0.0582. The van der Waals surface area contributed by atoms with Crippen molar-refractivity contribution >= 4 is 17.9 Å². The molecule has 0 bridgehead atoms. The SMILES string of the molecule is O=C(CC(O)C(=O)O)OCC1CCC(N2C=CCC(C(=O)O)=C2)O1. The fraction of sp³-hybridized carbons (Fsp3) is 0.533. The first-order valence-corrected chi connectivity index (χ1v) is 7.47. The fourth-order valence-electron chi connectivity index (χ4n) is 2.42. The van der Waals surface area contributed by atoms with Crippen molar-refractivity contribution in [1.29, 1.82) is 0 Å². The number of carboxylic acid groups (broad SMARTS) is 2. The Balaban J connectivity index is 1.78. The summed E-state index contributed by atoms with van der Waals surface area (Å²) in [6.45, 7) is -0.0469. The van der Waals surface area contributed by atoms with Crippen molar-refractivity contribution < 1.29 is 39.2 Å². The maximum atomic E-state index is 11.4. The van der Waals surface area contributed by atoms with Gasteiger partial charge in [-0.1, -0.05) is 6.08 Å². The van der Waals surface area contributed by atoms with Gasteiger partial charge in [0.15, 0.2) is 6.10 Å². The van der Waals surface area contributed by atoms with Crippen LogP contribution in [0.2, 0.25) is 0 Å². The van der Waals surface area contributed by atoms with Crippen LogP contribution in [0, 0.1) is 0 Å². The lowest BCUT2D eigenvalue weighted by molar-refractivity contribution is -0.158. The standard InChI is InChI=1S/C15H19NO8/c17-11(15(21)22)6-13(18)23-8-10-3-4-12(24-10)16-5-1-2-9(7-16)14(19)20/h1,5,7,10-12,17H,2-4,6,8H2,(H,19,20)(H,21,22). The minimum Gasteiger partial charge on any atom is -0.479 e. The van der Waals surface area contributed by atoms with Crippen molar-refractivity contribution in [3.63, 3.8) is 0 Å². The van der Waals surface area contributed by atoms with Crippen LogP contribution in [0.25, 0.3) is 0 Å². The Morgan fingerprint density at radius 3 is 2.75 bits per heavy atom. The van der Waals surface area contributed by atoms with Crippen molar-refractivity contribution in [1.82, 2.24) is 4.90 Å². The number of esters is 1. The van der Waals surface area contributed by atoms with E-state index in [9.17, 15) is 14.4 Å². The van der Waals surface area contributed by atoms with Gasteiger partial charge in [0, 0.05) is 18.8 Å². The molecule has 0 aromatic carbocycles. The Morgan fingerprint density at radius 1 is 1.33 bits per heavy atom. The molecule has 2 aliphatic rings. The van der Waals surface area contributed by atoms with Crippen LogP contribution in [0.5, 0.6) is 0 Å². The van der Waals surface area contributed by atoms with Gasteiger partial charge in [-0.05, 0) is 12.8 Å². The summed E-state index contributed by atoms with van der Waals surface area (Å²) in [4.78, 5) is 34.5. The summed E-state index contributed by atoms with van der Waals surface area (Å²) < 4.78 is 10.6. The summed E-state index contributed by atoms with van der Waals surface area (Å²) in [6.07, 6.45) is 3.48. The van der Waals surface area contributed by atoms with Gasteiger partial charge < -0.3 is 29.7 Å². The molecule has 0 radical (unpaired) electrons. The van der Waals surface area contributed by atoms with E-state index in [1.807, 2.05) is 0 Å². The summed E-state index contributed by atoms with van der Waals surface area (Å²) in [5, 5.41) is 26.6. The van der Waals surface area contributed by atoms with E-state index in [0.29, 0.717) is 19.3 Å². The zero-order chi connectivity index (χ0) is 17.7. The monoisotopic (exact) mass is 341 g/mol. The topological polar surface area (TPSA) is 134 Å². The van der Waals surface area contributed by atoms with Crippen LogP contribution < -0.4 is 0 Å². The van der Waals surface area contributed by atoms with Crippen LogP contribution in [-0.4, -0.2) is 63.2 Å². The molecular formula is C15H19NO8. The van der Waals surface area contributed by atoms with E-state index >= 15 is 0 Å². The van der Waals surface area contributed by atoms with E-state index in [4.69, 9.17) is 24.8 Å². The molecule has 3 atom stereocenters. The van der Waals surface area contributed by atoms with Crippen LogP contribution in [0.1, 0.15) is 25.7 Å². The average Bonchev–Trinajstić information content (AvgIpc) is 3.02. The first-order valence-electron chi connectivity index (χ1n) is 7.47.